The van der Waals surface area contributed by atoms with E-state index in [-0.39, 0.29) is 0 Å². The van der Waals surface area contributed by atoms with E-state index < -0.39 is 0 Å². The molecule has 1 atom stereocenters. The first-order chi connectivity index (χ1) is 8.76. The molecule has 1 aromatic carbocycles. The number of hydrogen-bond acceptors (Lipinski definition) is 2. The number of benzene rings is 1. The Kier molecular flexibility index (Phi) is 6.98. The lowest BCUT2D eigenvalue weighted by atomic mass is 10.1. The smallest absolute Gasteiger partial charge is 0.119 e. The van der Waals surface area contributed by atoms with Crippen molar-refractivity contribution < 1.29 is 4.74 Å². The predicted molar refractivity (Wildman–Crippen MR) is 76.8 cm³/mol. The molecule has 0 heterocycles. The van der Waals surface area contributed by atoms with Crippen LogP contribution in [-0.2, 0) is 6.42 Å². The summed E-state index contributed by atoms with van der Waals surface area (Å²) in [6.45, 7) is 2.89. The molecule has 0 saturated carbocycles. The molecule has 1 aromatic rings. The number of terminal acetylenes is 1. The highest BCUT2D eigenvalue weighted by atomic mass is 16.5. The first-order valence-electron chi connectivity index (χ1n) is 6.58. The minimum absolute atomic E-state index is 0.560. The molecule has 98 valence electrons. The van der Waals surface area contributed by atoms with Gasteiger partial charge in [0.25, 0.3) is 0 Å². The lowest BCUT2D eigenvalue weighted by Crippen LogP contribution is -2.21. The fourth-order valence-electron chi connectivity index (χ4n) is 1.64. The molecule has 0 aliphatic heterocycles. The van der Waals surface area contributed by atoms with Crippen molar-refractivity contribution in [3.8, 4) is 18.1 Å². The van der Waals surface area contributed by atoms with E-state index in [1.165, 1.54) is 5.56 Å². The number of unbranched alkanes of at least 4 members (excludes halogenated alkanes) is 1. The van der Waals surface area contributed by atoms with Gasteiger partial charge in [-0.2, -0.15) is 0 Å². The Bertz CT molecular complexity index is 364. The van der Waals surface area contributed by atoms with Gasteiger partial charge in [-0.05, 0) is 50.9 Å². The van der Waals surface area contributed by atoms with Gasteiger partial charge in [-0.15, -0.1) is 12.3 Å². The van der Waals surface area contributed by atoms with Gasteiger partial charge in [0, 0.05) is 12.5 Å². The van der Waals surface area contributed by atoms with Crippen LogP contribution in [0, 0.1) is 12.3 Å². The molecule has 0 spiro atoms. The maximum absolute atomic E-state index is 5.60. The third-order valence-corrected chi connectivity index (χ3v) is 3.02. The molecular weight excluding hydrogens is 222 g/mol. The van der Waals surface area contributed by atoms with Gasteiger partial charge >= 0.3 is 0 Å². The molecule has 18 heavy (non-hydrogen) atoms. The van der Waals surface area contributed by atoms with Gasteiger partial charge in [-0.1, -0.05) is 12.1 Å². The predicted octanol–water partition coefficient (Wildman–Crippen LogP) is 3.02. The molecule has 0 aliphatic rings. The molecule has 0 fully saturated rings. The Hall–Kier alpha value is -1.46. The number of nitrogens with one attached hydrogen (secondary N) is 1. The van der Waals surface area contributed by atoms with Gasteiger partial charge in [0.2, 0.25) is 0 Å². The average Bonchev–Trinajstić information content (AvgIpc) is 2.42. The second-order valence-electron chi connectivity index (χ2n) is 4.53. The van der Waals surface area contributed by atoms with E-state index in [4.69, 9.17) is 11.2 Å². The maximum Gasteiger partial charge on any atom is 0.119 e. The van der Waals surface area contributed by atoms with Gasteiger partial charge in [0.05, 0.1) is 6.61 Å². The van der Waals surface area contributed by atoms with Crippen molar-refractivity contribution in [2.75, 3.05) is 13.7 Å². The molecule has 0 saturated heterocycles. The van der Waals surface area contributed by atoms with Gasteiger partial charge < -0.3 is 10.1 Å². The maximum atomic E-state index is 5.60. The summed E-state index contributed by atoms with van der Waals surface area (Å²) in [5, 5.41) is 3.25. The van der Waals surface area contributed by atoms with E-state index in [1.54, 1.807) is 0 Å². The summed E-state index contributed by atoms with van der Waals surface area (Å²) in [5.74, 6) is 3.54. The highest BCUT2D eigenvalue weighted by molar-refractivity contribution is 5.27. The van der Waals surface area contributed by atoms with Crippen molar-refractivity contribution in [2.45, 2.75) is 38.6 Å². The monoisotopic (exact) mass is 245 g/mol. The van der Waals surface area contributed by atoms with Crippen LogP contribution in [0.3, 0.4) is 0 Å². The van der Waals surface area contributed by atoms with Crippen LogP contribution in [0.2, 0.25) is 0 Å². The van der Waals surface area contributed by atoms with Crippen LogP contribution in [0.25, 0.3) is 0 Å². The third-order valence-electron chi connectivity index (χ3n) is 3.02. The van der Waals surface area contributed by atoms with E-state index in [0.29, 0.717) is 12.6 Å². The molecule has 2 nitrogen and oxygen atoms in total. The van der Waals surface area contributed by atoms with Gasteiger partial charge in [-0.25, -0.2) is 0 Å². The SMILES string of the molecule is C#CCCCOc1ccc(CCC(C)NC)cc1. The van der Waals surface area contributed by atoms with Crippen LogP contribution >= 0.6 is 0 Å². The zero-order chi connectivity index (χ0) is 13.2. The number of ether oxygens (including phenoxy) is 1. The summed E-state index contributed by atoms with van der Waals surface area (Å²) >= 11 is 0. The van der Waals surface area contributed by atoms with Gasteiger partial charge in [0.1, 0.15) is 5.75 Å². The number of rotatable bonds is 8. The summed E-state index contributed by atoms with van der Waals surface area (Å²) < 4.78 is 5.60. The van der Waals surface area contributed by atoms with Crippen molar-refractivity contribution >= 4 is 0 Å². The molecule has 0 aliphatic carbocycles. The molecule has 0 radical (unpaired) electrons. The van der Waals surface area contributed by atoms with Crippen LogP contribution < -0.4 is 10.1 Å². The molecule has 0 amide bonds. The largest absolute Gasteiger partial charge is 0.494 e. The second kappa shape index (κ2) is 8.60. The van der Waals surface area contributed by atoms with E-state index in [2.05, 4.69) is 30.3 Å². The van der Waals surface area contributed by atoms with Crippen LogP contribution in [0.15, 0.2) is 24.3 Å². The highest BCUT2D eigenvalue weighted by Crippen LogP contribution is 2.14. The second-order valence-corrected chi connectivity index (χ2v) is 4.53. The standard InChI is InChI=1S/C16H23NO/c1-4-5-6-13-18-16-11-9-15(10-12-16)8-7-14(2)17-3/h1,9-12,14,17H,5-8,13H2,2-3H3. The molecule has 1 N–H and O–H groups in total. The van der Waals surface area contributed by atoms with Crippen LogP contribution in [0.5, 0.6) is 5.75 Å². The molecule has 2 heteroatoms. The first-order valence-corrected chi connectivity index (χ1v) is 6.58. The minimum atomic E-state index is 0.560. The Balaban J connectivity index is 2.31. The minimum Gasteiger partial charge on any atom is -0.494 e. The van der Waals surface area contributed by atoms with Crippen molar-refractivity contribution in [3.63, 3.8) is 0 Å². The lowest BCUT2D eigenvalue weighted by Gasteiger charge is -2.10. The van der Waals surface area contributed by atoms with Crippen LogP contribution in [0.4, 0.5) is 0 Å². The molecular formula is C16H23NO. The zero-order valence-corrected chi connectivity index (χ0v) is 11.4. The van der Waals surface area contributed by atoms with Crippen molar-refractivity contribution in [2.24, 2.45) is 0 Å². The number of aryl methyl sites for hydroxylation is 1. The van der Waals surface area contributed by atoms with Gasteiger partial charge in [0.15, 0.2) is 0 Å². The van der Waals surface area contributed by atoms with E-state index >= 15 is 0 Å². The first kappa shape index (κ1) is 14.6. The van der Waals surface area contributed by atoms with Crippen molar-refractivity contribution in [1.29, 1.82) is 0 Å². The highest BCUT2D eigenvalue weighted by Gasteiger charge is 2.00. The summed E-state index contributed by atoms with van der Waals surface area (Å²) in [6.07, 6.45) is 9.13. The molecule has 1 rings (SSSR count). The lowest BCUT2D eigenvalue weighted by molar-refractivity contribution is 0.313. The van der Waals surface area contributed by atoms with Crippen molar-refractivity contribution in [1.82, 2.24) is 5.32 Å². The third kappa shape index (κ3) is 5.75. The van der Waals surface area contributed by atoms with Crippen LogP contribution in [-0.4, -0.2) is 19.7 Å². The van der Waals surface area contributed by atoms with Gasteiger partial charge in [-0.3, -0.25) is 0 Å². The fourth-order valence-corrected chi connectivity index (χ4v) is 1.64. The summed E-state index contributed by atoms with van der Waals surface area (Å²) in [5.41, 5.74) is 1.35. The van der Waals surface area contributed by atoms with E-state index in [9.17, 15) is 0 Å². The van der Waals surface area contributed by atoms with E-state index in [0.717, 1.165) is 31.4 Å². The van der Waals surface area contributed by atoms with E-state index in [1.807, 2.05) is 19.2 Å². The normalized spacial score (nSPS) is 11.8. The Morgan fingerprint density at radius 2 is 2.06 bits per heavy atom. The molecule has 0 aromatic heterocycles. The Labute approximate surface area is 111 Å². The quantitative estimate of drug-likeness (QED) is 0.561. The Morgan fingerprint density at radius 1 is 1.33 bits per heavy atom. The molecule has 1 unspecified atom stereocenters. The molecule has 0 bridgehead atoms. The summed E-state index contributed by atoms with van der Waals surface area (Å²) in [6, 6.07) is 8.91. The fraction of sp³-hybridized carbons (Fsp3) is 0.500. The summed E-state index contributed by atoms with van der Waals surface area (Å²) in [7, 11) is 2.00. The average molecular weight is 245 g/mol. The summed E-state index contributed by atoms with van der Waals surface area (Å²) in [4.78, 5) is 0. The topological polar surface area (TPSA) is 21.3 Å². The zero-order valence-electron chi connectivity index (χ0n) is 11.4. The van der Waals surface area contributed by atoms with Crippen molar-refractivity contribution in [3.05, 3.63) is 29.8 Å². The number of hydrogen-bond donors (Lipinski definition) is 1. The Morgan fingerprint density at radius 3 is 2.67 bits per heavy atom. The van der Waals surface area contributed by atoms with Crippen LogP contribution in [0.1, 0.15) is 31.7 Å².